The van der Waals surface area contributed by atoms with Crippen LogP contribution in [0, 0.1) is 12.8 Å². The fourth-order valence-electron chi connectivity index (χ4n) is 4.46. The van der Waals surface area contributed by atoms with Crippen molar-refractivity contribution >= 4 is 17.6 Å². The first-order chi connectivity index (χ1) is 14.1. The number of anilines is 1. The highest BCUT2D eigenvalue weighted by molar-refractivity contribution is 5.89. The summed E-state index contributed by atoms with van der Waals surface area (Å²) in [5.41, 5.74) is 4.54. The van der Waals surface area contributed by atoms with Gasteiger partial charge in [0.2, 0.25) is 5.91 Å². The number of amides is 3. The molecule has 0 saturated carbocycles. The highest BCUT2D eigenvalue weighted by Crippen LogP contribution is 2.30. The Bertz CT molecular complexity index is 887. The van der Waals surface area contributed by atoms with Gasteiger partial charge in [0.05, 0.1) is 6.04 Å². The van der Waals surface area contributed by atoms with E-state index >= 15 is 0 Å². The van der Waals surface area contributed by atoms with Gasteiger partial charge in [0.15, 0.2) is 0 Å². The van der Waals surface area contributed by atoms with Gasteiger partial charge in [0.1, 0.15) is 0 Å². The first-order valence-electron chi connectivity index (χ1n) is 10.6. The summed E-state index contributed by atoms with van der Waals surface area (Å²) in [5.74, 6) is 0.109. The third-order valence-electron chi connectivity index (χ3n) is 6.11. The topological polar surface area (TPSA) is 61.4 Å². The SMILES string of the molecule is Cc1cccc(NC(=O)N2CCC(C(=O)N[C@H]3CCCc4ccccc43)CC2)c1. The molecule has 152 valence electrons. The van der Waals surface area contributed by atoms with Gasteiger partial charge in [0.25, 0.3) is 0 Å². The van der Waals surface area contributed by atoms with Gasteiger partial charge in [-0.05, 0) is 67.9 Å². The van der Waals surface area contributed by atoms with Crippen molar-refractivity contribution in [3.05, 3.63) is 65.2 Å². The summed E-state index contributed by atoms with van der Waals surface area (Å²) in [5, 5.41) is 6.24. The molecule has 3 amide bonds. The molecule has 2 N–H and O–H groups in total. The number of aryl methyl sites for hydroxylation is 2. The van der Waals surface area contributed by atoms with Crippen LogP contribution in [0.3, 0.4) is 0 Å². The van der Waals surface area contributed by atoms with Crippen molar-refractivity contribution in [2.24, 2.45) is 5.92 Å². The summed E-state index contributed by atoms with van der Waals surface area (Å²) < 4.78 is 0. The van der Waals surface area contributed by atoms with Crippen LogP contribution in [0.15, 0.2) is 48.5 Å². The molecule has 0 unspecified atom stereocenters. The van der Waals surface area contributed by atoms with E-state index in [-0.39, 0.29) is 23.9 Å². The Kier molecular flexibility index (Phi) is 5.84. The number of benzene rings is 2. The molecule has 0 bridgehead atoms. The predicted octanol–water partition coefficient (Wildman–Crippen LogP) is 4.43. The van der Waals surface area contributed by atoms with Gasteiger partial charge in [-0.3, -0.25) is 4.79 Å². The van der Waals surface area contributed by atoms with Crippen molar-refractivity contribution < 1.29 is 9.59 Å². The smallest absolute Gasteiger partial charge is 0.321 e. The number of carbonyl (C=O) groups excluding carboxylic acids is 2. The second kappa shape index (κ2) is 8.68. The number of nitrogens with one attached hydrogen (secondary N) is 2. The molecule has 1 heterocycles. The van der Waals surface area contributed by atoms with E-state index in [1.807, 2.05) is 36.1 Å². The van der Waals surface area contributed by atoms with E-state index in [1.54, 1.807) is 0 Å². The molecular weight excluding hydrogens is 362 g/mol. The number of carbonyl (C=O) groups is 2. The Balaban J connectivity index is 1.29. The van der Waals surface area contributed by atoms with Gasteiger partial charge >= 0.3 is 6.03 Å². The first kappa shape index (κ1) is 19.5. The van der Waals surface area contributed by atoms with E-state index in [2.05, 4.69) is 34.9 Å². The molecule has 2 aromatic rings. The van der Waals surface area contributed by atoms with Crippen molar-refractivity contribution in [2.45, 2.75) is 45.1 Å². The van der Waals surface area contributed by atoms with Gasteiger partial charge in [-0.1, -0.05) is 36.4 Å². The average Bonchev–Trinajstić information content (AvgIpc) is 2.74. The Labute approximate surface area is 172 Å². The van der Waals surface area contributed by atoms with Crippen molar-refractivity contribution in [1.82, 2.24) is 10.2 Å². The highest BCUT2D eigenvalue weighted by atomic mass is 16.2. The molecule has 1 saturated heterocycles. The number of piperidine rings is 1. The van der Waals surface area contributed by atoms with Crippen LogP contribution in [0.25, 0.3) is 0 Å². The summed E-state index contributed by atoms with van der Waals surface area (Å²) >= 11 is 0. The molecule has 5 heteroatoms. The normalized spacial score (nSPS) is 19.3. The maximum atomic E-state index is 12.9. The summed E-state index contributed by atoms with van der Waals surface area (Å²) in [6, 6.07) is 16.2. The minimum Gasteiger partial charge on any atom is -0.349 e. The molecule has 1 fully saturated rings. The monoisotopic (exact) mass is 391 g/mol. The molecule has 29 heavy (non-hydrogen) atoms. The van der Waals surface area contributed by atoms with E-state index < -0.39 is 0 Å². The van der Waals surface area contributed by atoms with Crippen LogP contribution >= 0.6 is 0 Å². The average molecular weight is 392 g/mol. The van der Waals surface area contributed by atoms with Crippen molar-refractivity contribution in [3.8, 4) is 0 Å². The number of fused-ring (bicyclic) bond motifs is 1. The molecule has 4 rings (SSSR count). The highest BCUT2D eigenvalue weighted by Gasteiger charge is 2.30. The van der Waals surface area contributed by atoms with E-state index in [0.717, 1.165) is 30.5 Å². The quantitative estimate of drug-likeness (QED) is 0.813. The van der Waals surface area contributed by atoms with Crippen LogP contribution in [-0.4, -0.2) is 29.9 Å². The lowest BCUT2D eigenvalue weighted by Gasteiger charge is -2.33. The predicted molar refractivity (Wildman–Crippen MR) is 115 cm³/mol. The van der Waals surface area contributed by atoms with Crippen LogP contribution < -0.4 is 10.6 Å². The summed E-state index contributed by atoms with van der Waals surface area (Å²) in [4.78, 5) is 27.2. The second-order valence-corrected chi connectivity index (χ2v) is 8.21. The maximum Gasteiger partial charge on any atom is 0.321 e. The molecule has 1 aliphatic heterocycles. The van der Waals surface area contributed by atoms with E-state index in [1.165, 1.54) is 11.1 Å². The van der Waals surface area contributed by atoms with Gasteiger partial charge in [-0.2, -0.15) is 0 Å². The second-order valence-electron chi connectivity index (χ2n) is 8.21. The fourth-order valence-corrected chi connectivity index (χ4v) is 4.46. The van der Waals surface area contributed by atoms with Crippen LogP contribution in [0.5, 0.6) is 0 Å². The maximum absolute atomic E-state index is 12.9. The van der Waals surface area contributed by atoms with Gasteiger partial charge in [0, 0.05) is 24.7 Å². The zero-order valence-corrected chi connectivity index (χ0v) is 17.0. The summed E-state index contributed by atoms with van der Waals surface area (Å²) in [7, 11) is 0. The van der Waals surface area contributed by atoms with Crippen LogP contribution in [0.1, 0.15) is 48.4 Å². The molecule has 5 nitrogen and oxygen atoms in total. The number of hydrogen-bond donors (Lipinski definition) is 2. The standard InChI is InChI=1S/C24H29N3O2/c1-17-6-4-9-20(16-17)25-24(29)27-14-12-19(13-15-27)23(28)26-22-11-5-8-18-7-2-3-10-21(18)22/h2-4,6-7,9-10,16,19,22H,5,8,11-15H2,1H3,(H,25,29)(H,26,28)/t22-/m0/s1. The number of rotatable bonds is 3. The minimum absolute atomic E-state index is 0.0212. The fraction of sp³-hybridized carbons (Fsp3) is 0.417. The molecule has 0 spiro atoms. The third-order valence-corrected chi connectivity index (χ3v) is 6.11. The lowest BCUT2D eigenvalue weighted by molar-refractivity contribution is -0.127. The number of urea groups is 1. The van der Waals surface area contributed by atoms with E-state index in [9.17, 15) is 9.59 Å². The molecular formula is C24H29N3O2. The number of nitrogens with zero attached hydrogens (tertiary/aromatic N) is 1. The third kappa shape index (κ3) is 4.61. The van der Waals surface area contributed by atoms with Crippen molar-refractivity contribution in [3.63, 3.8) is 0 Å². The van der Waals surface area contributed by atoms with Crippen LogP contribution in [-0.2, 0) is 11.2 Å². The van der Waals surface area contributed by atoms with Crippen LogP contribution in [0.2, 0.25) is 0 Å². The molecule has 0 aromatic heterocycles. The zero-order chi connectivity index (χ0) is 20.2. The number of hydrogen-bond acceptors (Lipinski definition) is 2. The molecule has 1 aliphatic carbocycles. The van der Waals surface area contributed by atoms with Crippen molar-refractivity contribution in [2.75, 3.05) is 18.4 Å². The summed E-state index contributed by atoms with van der Waals surface area (Å²) in [6.45, 7) is 3.22. The molecule has 1 atom stereocenters. The Morgan fingerprint density at radius 2 is 1.79 bits per heavy atom. The van der Waals surface area contributed by atoms with Gasteiger partial charge in [-0.25, -0.2) is 4.79 Å². The van der Waals surface area contributed by atoms with Gasteiger partial charge in [-0.15, -0.1) is 0 Å². The van der Waals surface area contributed by atoms with E-state index in [0.29, 0.717) is 25.9 Å². The van der Waals surface area contributed by atoms with Crippen molar-refractivity contribution in [1.29, 1.82) is 0 Å². The van der Waals surface area contributed by atoms with E-state index in [4.69, 9.17) is 0 Å². The molecule has 2 aromatic carbocycles. The summed E-state index contributed by atoms with van der Waals surface area (Å²) in [6.07, 6.45) is 4.62. The Morgan fingerprint density at radius 1 is 1.00 bits per heavy atom. The minimum atomic E-state index is -0.0873. The van der Waals surface area contributed by atoms with Gasteiger partial charge < -0.3 is 15.5 Å². The lowest BCUT2D eigenvalue weighted by Crippen LogP contribution is -2.45. The van der Waals surface area contributed by atoms with Crippen LogP contribution in [0.4, 0.5) is 10.5 Å². The number of likely N-dealkylation sites (tertiary alicyclic amines) is 1. The zero-order valence-electron chi connectivity index (χ0n) is 17.0. The lowest BCUT2D eigenvalue weighted by atomic mass is 9.87. The first-order valence-corrected chi connectivity index (χ1v) is 10.6. The molecule has 0 radical (unpaired) electrons. The largest absolute Gasteiger partial charge is 0.349 e. The Morgan fingerprint density at radius 3 is 2.59 bits per heavy atom. The molecule has 2 aliphatic rings. The Hall–Kier alpha value is -2.82.